The van der Waals surface area contributed by atoms with Gasteiger partial charge in [0.2, 0.25) is 0 Å². The summed E-state index contributed by atoms with van der Waals surface area (Å²) in [6, 6.07) is 46.1. The summed E-state index contributed by atoms with van der Waals surface area (Å²) in [5, 5.41) is 7.54. The van der Waals surface area contributed by atoms with Crippen molar-refractivity contribution in [2.75, 3.05) is 0 Å². The quantitative estimate of drug-likeness (QED) is 0.217. The highest BCUT2D eigenvalue weighted by Gasteiger charge is 2.18. The minimum absolute atomic E-state index is 0.218. The topological polar surface area (TPSA) is 0 Å². The molecule has 0 bridgehead atoms. The first-order valence-electron chi connectivity index (χ1n) is 13.0. The zero-order chi connectivity index (χ0) is 25.6. The summed E-state index contributed by atoms with van der Waals surface area (Å²) in [5.74, 6) is -0.218. The molecule has 0 spiro atoms. The fourth-order valence-corrected chi connectivity index (χ4v) is 5.87. The molecule has 0 aliphatic heterocycles. The average molecular weight is 489 g/mol. The van der Waals surface area contributed by atoms with Gasteiger partial charge in [-0.3, -0.25) is 0 Å². The van der Waals surface area contributed by atoms with Crippen molar-refractivity contribution in [2.45, 2.75) is 6.92 Å². The highest BCUT2D eigenvalue weighted by molar-refractivity contribution is 6.23. The summed E-state index contributed by atoms with van der Waals surface area (Å²) < 4.78 is 13.4. The second-order valence-electron chi connectivity index (χ2n) is 9.90. The molecule has 0 unspecified atom stereocenters. The molecule has 0 aliphatic rings. The SMILES string of the molecule is Cc1ccc(-c2c3ccccc3c(-c3ccc(-c4ccc(F)cc4)cc3)c3ccccc23)c2ccccc12. The van der Waals surface area contributed by atoms with Crippen LogP contribution in [0, 0.1) is 12.7 Å². The standard InChI is InChI=1S/C37H25F/c1-24-14-23-35(30-9-3-2-8-29(24)30)37-33-12-6-4-10-31(33)36(32-11-5-7-13-34(32)37)27-17-15-25(16-18-27)26-19-21-28(38)22-20-26/h2-23H,1H3. The van der Waals surface area contributed by atoms with Crippen molar-refractivity contribution in [3.8, 4) is 33.4 Å². The van der Waals surface area contributed by atoms with Crippen molar-refractivity contribution in [3.05, 3.63) is 145 Å². The van der Waals surface area contributed by atoms with E-state index in [2.05, 4.69) is 116 Å². The molecule has 0 atom stereocenters. The lowest BCUT2D eigenvalue weighted by Gasteiger charge is -2.19. The first-order chi connectivity index (χ1) is 18.7. The number of hydrogen-bond acceptors (Lipinski definition) is 0. The van der Waals surface area contributed by atoms with Crippen LogP contribution in [0.4, 0.5) is 4.39 Å². The summed E-state index contributed by atoms with van der Waals surface area (Å²) in [7, 11) is 0. The van der Waals surface area contributed by atoms with Gasteiger partial charge in [0.05, 0.1) is 0 Å². The fourth-order valence-electron chi connectivity index (χ4n) is 5.87. The molecule has 7 rings (SSSR count). The van der Waals surface area contributed by atoms with Gasteiger partial charge in [-0.15, -0.1) is 0 Å². The maximum Gasteiger partial charge on any atom is 0.123 e. The molecule has 0 saturated heterocycles. The Morgan fingerprint density at radius 2 is 0.789 bits per heavy atom. The molecule has 0 aliphatic carbocycles. The number of hydrogen-bond donors (Lipinski definition) is 0. The van der Waals surface area contributed by atoms with Crippen LogP contribution in [-0.4, -0.2) is 0 Å². The molecular weight excluding hydrogens is 463 g/mol. The Morgan fingerprint density at radius 1 is 0.368 bits per heavy atom. The zero-order valence-electron chi connectivity index (χ0n) is 21.1. The van der Waals surface area contributed by atoms with Crippen molar-refractivity contribution in [3.63, 3.8) is 0 Å². The van der Waals surface area contributed by atoms with E-state index in [1.54, 1.807) is 0 Å². The van der Waals surface area contributed by atoms with E-state index in [9.17, 15) is 4.39 Å². The Kier molecular flexibility index (Phi) is 5.30. The summed E-state index contributed by atoms with van der Waals surface area (Å²) in [4.78, 5) is 0. The van der Waals surface area contributed by atoms with Gasteiger partial charge in [0, 0.05) is 0 Å². The Hall–Kier alpha value is -4.75. The van der Waals surface area contributed by atoms with Gasteiger partial charge in [-0.2, -0.15) is 0 Å². The predicted molar refractivity (Wildman–Crippen MR) is 160 cm³/mol. The van der Waals surface area contributed by atoms with Crippen LogP contribution in [0.1, 0.15) is 5.56 Å². The summed E-state index contributed by atoms with van der Waals surface area (Å²) >= 11 is 0. The van der Waals surface area contributed by atoms with Gasteiger partial charge in [0.15, 0.2) is 0 Å². The molecule has 0 nitrogen and oxygen atoms in total. The van der Waals surface area contributed by atoms with E-state index in [1.165, 1.54) is 72.3 Å². The highest BCUT2D eigenvalue weighted by Crippen LogP contribution is 2.45. The van der Waals surface area contributed by atoms with Crippen LogP contribution < -0.4 is 0 Å². The lowest BCUT2D eigenvalue weighted by molar-refractivity contribution is 0.628. The molecule has 1 heteroatoms. The Morgan fingerprint density at radius 3 is 1.34 bits per heavy atom. The van der Waals surface area contributed by atoms with Gasteiger partial charge in [-0.05, 0) is 90.3 Å². The van der Waals surface area contributed by atoms with Crippen LogP contribution in [0.15, 0.2) is 133 Å². The maximum atomic E-state index is 13.4. The monoisotopic (exact) mass is 488 g/mol. The third-order valence-corrected chi connectivity index (χ3v) is 7.69. The van der Waals surface area contributed by atoms with Crippen molar-refractivity contribution in [1.82, 2.24) is 0 Å². The number of aryl methyl sites for hydroxylation is 1. The molecule has 0 saturated carbocycles. The van der Waals surface area contributed by atoms with Gasteiger partial charge in [-0.1, -0.05) is 121 Å². The lowest BCUT2D eigenvalue weighted by Crippen LogP contribution is -1.92. The van der Waals surface area contributed by atoms with E-state index in [0.29, 0.717) is 0 Å². The second-order valence-corrected chi connectivity index (χ2v) is 9.90. The number of fused-ring (bicyclic) bond motifs is 3. The van der Waals surface area contributed by atoms with Crippen molar-refractivity contribution >= 4 is 32.3 Å². The van der Waals surface area contributed by atoms with E-state index >= 15 is 0 Å². The number of benzene rings is 7. The Labute approximate surface area is 221 Å². The van der Waals surface area contributed by atoms with Crippen LogP contribution in [0.3, 0.4) is 0 Å². The van der Waals surface area contributed by atoms with Crippen LogP contribution in [0.5, 0.6) is 0 Å². The summed E-state index contributed by atoms with van der Waals surface area (Å²) in [5.41, 5.74) is 8.32. The third kappa shape index (κ3) is 3.59. The fraction of sp³-hybridized carbons (Fsp3) is 0.0270. The molecule has 38 heavy (non-hydrogen) atoms. The third-order valence-electron chi connectivity index (χ3n) is 7.69. The van der Waals surface area contributed by atoms with Crippen LogP contribution in [-0.2, 0) is 0 Å². The van der Waals surface area contributed by atoms with E-state index < -0.39 is 0 Å². The van der Waals surface area contributed by atoms with E-state index in [0.717, 1.165) is 11.1 Å². The number of halogens is 1. The molecular formula is C37H25F. The highest BCUT2D eigenvalue weighted by atomic mass is 19.1. The molecule has 0 aromatic heterocycles. The first kappa shape index (κ1) is 22.4. The molecule has 7 aromatic carbocycles. The van der Waals surface area contributed by atoms with Gasteiger partial charge in [0.1, 0.15) is 5.82 Å². The van der Waals surface area contributed by atoms with Crippen molar-refractivity contribution < 1.29 is 4.39 Å². The lowest BCUT2D eigenvalue weighted by atomic mass is 9.84. The molecule has 0 N–H and O–H groups in total. The van der Waals surface area contributed by atoms with Crippen molar-refractivity contribution in [1.29, 1.82) is 0 Å². The Bertz CT molecular complexity index is 1910. The summed E-state index contributed by atoms with van der Waals surface area (Å²) in [6.45, 7) is 2.18. The largest absolute Gasteiger partial charge is 0.207 e. The number of rotatable bonds is 3. The second kappa shape index (κ2) is 8.97. The molecule has 0 fully saturated rings. The van der Waals surface area contributed by atoms with Crippen LogP contribution >= 0.6 is 0 Å². The normalized spacial score (nSPS) is 11.4. The summed E-state index contributed by atoms with van der Waals surface area (Å²) in [6.07, 6.45) is 0. The Balaban J connectivity index is 1.52. The van der Waals surface area contributed by atoms with Crippen LogP contribution in [0.2, 0.25) is 0 Å². The van der Waals surface area contributed by atoms with Gasteiger partial charge >= 0.3 is 0 Å². The van der Waals surface area contributed by atoms with Gasteiger partial charge in [-0.25, -0.2) is 4.39 Å². The minimum atomic E-state index is -0.218. The van der Waals surface area contributed by atoms with E-state index in [1.807, 2.05) is 12.1 Å². The molecule has 180 valence electrons. The van der Waals surface area contributed by atoms with Gasteiger partial charge in [0.25, 0.3) is 0 Å². The van der Waals surface area contributed by atoms with E-state index in [4.69, 9.17) is 0 Å². The van der Waals surface area contributed by atoms with Crippen LogP contribution in [0.25, 0.3) is 65.7 Å². The smallest absolute Gasteiger partial charge is 0.123 e. The van der Waals surface area contributed by atoms with Gasteiger partial charge < -0.3 is 0 Å². The predicted octanol–water partition coefficient (Wildman–Crippen LogP) is 10.6. The molecule has 7 aromatic rings. The zero-order valence-corrected chi connectivity index (χ0v) is 21.1. The van der Waals surface area contributed by atoms with E-state index in [-0.39, 0.29) is 5.82 Å². The molecule has 0 heterocycles. The molecule has 0 radical (unpaired) electrons. The first-order valence-corrected chi connectivity index (χ1v) is 13.0. The molecule has 0 amide bonds. The maximum absolute atomic E-state index is 13.4. The average Bonchev–Trinajstić information content (AvgIpc) is 2.97. The van der Waals surface area contributed by atoms with Crippen molar-refractivity contribution in [2.24, 2.45) is 0 Å². The minimum Gasteiger partial charge on any atom is -0.207 e.